The van der Waals surface area contributed by atoms with Crippen molar-refractivity contribution < 1.29 is 4.92 Å². The Morgan fingerprint density at radius 2 is 1.70 bits per heavy atom. The molecule has 0 saturated heterocycles. The van der Waals surface area contributed by atoms with E-state index in [-0.39, 0.29) is 11.2 Å². The molecule has 3 aromatic carbocycles. The Morgan fingerprint density at radius 1 is 0.963 bits per heavy atom. The Balaban J connectivity index is 2.08. The van der Waals surface area contributed by atoms with Crippen LogP contribution in [0.5, 0.6) is 0 Å². The second-order valence-electron chi connectivity index (χ2n) is 6.24. The molecule has 0 radical (unpaired) electrons. The van der Waals surface area contributed by atoms with Crippen LogP contribution in [0.4, 0.5) is 5.69 Å². The summed E-state index contributed by atoms with van der Waals surface area (Å²) in [6.07, 6.45) is 0. The van der Waals surface area contributed by atoms with Crippen molar-refractivity contribution in [3.05, 3.63) is 98.8 Å². The fraction of sp³-hybridized carbons (Fsp3) is 0.0476. The van der Waals surface area contributed by atoms with Crippen molar-refractivity contribution in [1.29, 1.82) is 0 Å². The van der Waals surface area contributed by atoms with Gasteiger partial charge in [-0.05, 0) is 31.2 Å². The van der Waals surface area contributed by atoms with Crippen molar-refractivity contribution >= 4 is 16.6 Å². The number of aromatic nitrogens is 2. The summed E-state index contributed by atoms with van der Waals surface area (Å²) >= 11 is 0. The first kappa shape index (κ1) is 16.7. The zero-order valence-electron chi connectivity index (χ0n) is 14.5. The molecule has 4 rings (SSSR count). The number of nitrogens with zero attached hydrogens (tertiary/aromatic N) is 3. The maximum atomic E-state index is 13.2. The number of non-ortho nitro benzene ring substituents is 1. The summed E-state index contributed by atoms with van der Waals surface area (Å²) in [5.74, 6) is 0.367. The minimum Gasteiger partial charge on any atom is -0.268 e. The summed E-state index contributed by atoms with van der Waals surface area (Å²) in [7, 11) is 0. The van der Waals surface area contributed by atoms with Gasteiger partial charge in [0.2, 0.25) is 0 Å². The van der Waals surface area contributed by atoms with Gasteiger partial charge in [-0.3, -0.25) is 19.5 Å². The van der Waals surface area contributed by atoms with Crippen molar-refractivity contribution in [1.82, 2.24) is 9.55 Å². The fourth-order valence-corrected chi connectivity index (χ4v) is 3.02. The van der Waals surface area contributed by atoms with Gasteiger partial charge in [0, 0.05) is 17.7 Å². The average Bonchev–Trinajstić information content (AvgIpc) is 2.69. The minimum atomic E-state index is -0.459. The molecule has 0 saturated carbocycles. The number of hydrogen-bond donors (Lipinski definition) is 0. The summed E-state index contributed by atoms with van der Waals surface area (Å²) in [4.78, 5) is 28.6. The van der Waals surface area contributed by atoms with Gasteiger partial charge >= 0.3 is 0 Å². The molecule has 0 atom stereocenters. The zero-order chi connectivity index (χ0) is 19.0. The summed E-state index contributed by atoms with van der Waals surface area (Å²) in [5, 5.41) is 11.7. The van der Waals surface area contributed by atoms with Gasteiger partial charge < -0.3 is 0 Å². The molecule has 1 aromatic heterocycles. The fourth-order valence-electron chi connectivity index (χ4n) is 3.02. The topological polar surface area (TPSA) is 78.0 Å². The maximum Gasteiger partial charge on any atom is 0.270 e. The van der Waals surface area contributed by atoms with Gasteiger partial charge in [-0.2, -0.15) is 0 Å². The van der Waals surface area contributed by atoms with E-state index in [1.54, 1.807) is 30.3 Å². The number of hydrogen-bond acceptors (Lipinski definition) is 4. The van der Waals surface area contributed by atoms with Crippen LogP contribution in [0, 0.1) is 17.0 Å². The van der Waals surface area contributed by atoms with Crippen LogP contribution in [-0.2, 0) is 0 Å². The first-order valence-electron chi connectivity index (χ1n) is 8.38. The van der Waals surface area contributed by atoms with Gasteiger partial charge in [0.15, 0.2) is 0 Å². The van der Waals surface area contributed by atoms with Gasteiger partial charge in [-0.25, -0.2) is 4.98 Å². The molecular weight excluding hydrogens is 342 g/mol. The summed E-state index contributed by atoms with van der Waals surface area (Å²) in [5.41, 5.74) is 2.51. The molecule has 0 fully saturated rings. The predicted octanol–water partition coefficient (Wildman–Crippen LogP) is 4.27. The second-order valence-corrected chi connectivity index (χ2v) is 6.24. The van der Waals surface area contributed by atoms with E-state index in [9.17, 15) is 14.9 Å². The number of fused-ring (bicyclic) bond motifs is 1. The molecule has 27 heavy (non-hydrogen) atoms. The Kier molecular flexibility index (Phi) is 4.01. The highest BCUT2D eigenvalue weighted by Gasteiger charge is 2.16. The molecule has 1 heterocycles. The third-order valence-corrected chi connectivity index (χ3v) is 4.38. The van der Waals surface area contributed by atoms with E-state index < -0.39 is 4.92 Å². The third kappa shape index (κ3) is 2.97. The van der Waals surface area contributed by atoms with Crippen molar-refractivity contribution in [2.75, 3.05) is 0 Å². The molecule has 6 nitrogen and oxygen atoms in total. The Labute approximate surface area is 154 Å². The normalized spacial score (nSPS) is 10.9. The Hall–Kier alpha value is -3.80. The smallest absolute Gasteiger partial charge is 0.268 e. The SMILES string of the molecule is Cc1ccc(-n2c(-c3cccc([N+](=O)[O-])c3)nc3ccccc3c2=O)cc1. The quantitative estimate of drug-likeness (QED) is 0.405. The van der Waals surface area contributed by atoms with E-state index in [1.807, 2.05) is 37.3 Å². The van der Waals surface area contributed by atoms with Gasteiger partial charge in [0.05, 0.1) is 21.5 Å². The number of rotatable bonds is 3. The standard InChI is InChI=1S/C21H15N3O3/c1-14-9-11-16(12-10-14)23-20(15-5-4-6-17(13-15)24(26)27)22-19-8-3-2-7-18(19)21(23)25/h2-13H,1H3. The lowest BCUT2D eigenvalue weighted by molar-refractivity contribution is -0.384. The number of nitro benzene ring substituents is 1. The molecule has 132 valence electrons. The van der Waals surface area contributed by atoms with Gasteiger partial charge in [-0.1, -0.05) is 42.0 Å². The zero-order valence-corrected chi connectivity index (χ0v) is 14.5. The van der Waals surface area contributed by atoms with E-state index >= 15 is 0 Å². The number of aryl methyl sites for hydroxylation is 1. The lowest BCUT2D eigenvalue weighted by Gasteiger charge is -2.14. The molecule has 6 heteroatoms. The number of nitro groups is 1. The molecule has 0 spiro atoms. The maximum absolute atomic E-state index is 13.2. The van der Waals surface area contributed by atoms with Crippen molar-refractivity contribution in [2.45, 2.75) is 6.92 Å². The molecule has 0 aliphatic carbocycles. The van der Waals surface area contributed by atoms with Crippen LogP contribution in [0.2, 0.25) is 0 Å². The van der Waals surface area contributed by atoms with Gasteiger partial charge in [0.1, 0.15) is 5.82 Å². The molecule has 0 unspecified atom stereocenters. The predicted molar refractivity (Wildman–Crippen MR) is 104 cm³/mol. The number of benzene rings is 3. The van der Waals surface area contributed by atoms with Crippen LogP contribution >= 0.6 is 0 Å². The highest BCUT2D eigenvalue weighted by molar-refractivity contribution is 5.80. The Morgan fingerprint density at radius 3 is 2.44 bits per heavy atom. The summed E-state index contributed by atoms with van der Waals surface area (Å²) < 4.78 is 1.50. The molecule has 0 amide bonds. The molecule has 0 aliphatic rings. The van der Waals surface area contributed by atoms with Gasteiger partial charge in [0.25, 0.3) is 11.2 Å². The summed E-state index contributed by atoms with van der Waals surface area (Å²) in [6.45, 7) is 1.96. The van der Waals surface area contributed by atoms with Crippen LogP contribution in [0.3, 0.4) is 0 Å². The van der Waals surface area contributed by atoms with Gasteiger partial charge in [-0.15, -0.1) is 0 Å². The monoisotopic (exact) mass is 357 g/mol. The van der Waals surface area contributed by atoms with Crippen molar-refractivity contribution in [2.24, 2.45) is 0 Å². The van der Waals surface area contributed by atoms with E-state index in [0.717, 1.165) is 5.56 Å². The molecule has 0 N–H and O–H groups in total. The first-order valence-corrected chi connectivity index (χ1v) is 8.38. The number of para-hydroxylation sites is 1. The second kappa shape index (κ2) is 6.49. The Bertz CT molecular complexity index is 1230. The van der Waals surface area contributed by atoms with Crippen LogP contribution in [0.1, 0.15) is 5.56 Å². The third-order valence-electron chi connectivity index (χ3n) is 4.38. The van der Waals surface area contributed by atoms with E-state index in [2.05, 4.69) is 4.98 Å². The molecule has 4 aromatic rings. The highest BCUT2D eigenvalue weighted by atomic mass is 16.6. The van der Waals surface area contributed by atoms with Crippen LogP contribution in [0.15, 0.2) is 77.6 Å². The summed E-state index contributed by atoms with van der Waals surface area (Å²) in [6, 6.07) is 20.7. The average molecular weight is 357 g/mol. The van der Waals surface area contributed by atoms with Crippen LogP contribution < -0.4 is 5.56 Å². The van der Waals surface area contributed by atoms with E-state index in [0.29, 0.717) is 28.0 Å². The molecular formula is C21H15N3O3. The van der Waals surface area contributed by atoms with Crippen molar-refractivity contribution in [3.8, 4) is 17.1 Å². The first-order chi connectivity index (χ1) is 13.0. The van der Waals surface area contributed by atoms with E-state index in [4.69, 9.17) is 0 Å². The minimum absolute atomic E-state index is 0.0506. The highest BCUT2D eigenvalue weighted by Crippen LogP contribution is 2.25. The van der Waals surface area contributed by atoms with Crippen LogP contribution in [0.25, 0.3) is 28.0 Å². The van der Waals surface area contributed by atoms with E-state index in [1.165, 1.54) is 16.7 Å². The molecule has 0 bridgehead atoms. The lowest BCUT2D eigenvalue weighted by atomic mass is 10.1. The molecule has 0 aliphatic heterocycles. The lowest BCUT2D eigenvalue weighted by Crippen LogP contribution is -2.22. The van der Waals surface area contributed by atoms with Crippen molar-refractivity contribution in [3.63, 3.8) is 0 Å². The largest absolute Gasteiger partial charge is 0.270 e. The van der Waals surface area contributed by atoms with Crippen LogP contribution in [-0.4, -0.2) is 14.5 Å².